The molecule has 2 aromatic heterocycles. The van der Waals surface area contributed by atoms with E-state index in [1.165, 1.54) is 12.1 Å². The van der Waals surface area contributed by atoms with E-state index in [9.17, 15) is 10.1 Å². The van der Waals surface area contributed by atoms with Gasteiger partial charge in [-0.2, -0.15) is 5.10 Å². The molecule has 0 spiro atoms. The standard InChI is InChI=1S/C20H23N7O3/c1-3-14-11-18(23-19(21-14)13-5-7-15(8-6-13)27(28)29)26-9-10-30-16(12-26)20-22-17(4-2)24-25-20/h5-8,11,16H,3-4,9-10,12H2,1-2H3,(H,22,24,25). The van der Waals surface area contributed by atoms with Crippen molar-refractivity contribution in [1.82, 2.24) is 25.1 Å². The van der Waals surface area contributed by atoms with Crippen molar-refractivity contribution < 1.29 is 9.66 Å². The summed E-state index contributed by atoms with van der Waals surface area (Å²) in [5.74, 6) is 2.83. The van der Waals surface area contributed by atoms with Crippen LogP contribution in [0.1, 0.15) is 37.3 Å². The molecule has 1 aliphatic rings. The Morgan fingerprint density at radius 3 is 2.67 bits per heavy atom. The summed E-state index contributed by atoms with van der Waals surface area (Å²) >= 11 is 0. The van der Waals surface area contributed by atoms with E-state index in [1.54, 1.807) is 12.1 Å². The van der Waals surface area contributed by atoms with Crippen LogP contribution in [0, 0.1) is 10.1 Å². The summed E-state index contributed by atoms with van der Waals surface area (Å²) in [5.41, 5.74) is 1.69. The predicted molar refractivity (Wildman–Crippen MR) is 110 cm³/mol. The zero-order chi connectivity index (χ0) is 21.1. The van der Waals surface area contributed by atoms with Crippen LogP contribution < -0.4 is 4.90 Å². The van der Waals surface area contributed by atoms with Crippen molar-refractivity contribution in [2.75, 3.05) is 24.6 Å². The molecular weight excluding hydrogens is 386 g/mol. The summed E-state index contributed by atoms with van der Waals surface area (Å²) in [6, 6.07) is 8.27. The van der Waals surface area contributed by atoms with Crippen LogP contribution in [-0.2, 0) is 17.6 Å². The fourth-order valence-electron chi connectivity index (χ4n) is 3.31. The van der Waals surface area contributed by atoms with Crippen molar-refractivity contribution in [2.24, 2.45) is 0 Å². The number of nitro benzene ring substituents is 1. The van der Waals surface area contributed by atoms with E-state index in [0.29, 0.717) is 31.3 Å². The van der Waals surface area contributed by atoms with Gasteiger partial charge in [-0.3, -0.25) is 15.2 Å². The zero-order valence-corrected chi connectivity index (χ0v) is 16.9. The van der Waals surface area contributed by atoms with Crippen molar-refractivity contribution in [2.45, 2.75) is 32.8 Å². The second kappa shape index (κ2) is 8.54. The number of morpholine rings is 1. The fourth-order valence-corrected chi connectivity index (χ4v) is 3.31. The normalized spacial score (nSPS) is 16.6. The molecule has 0 aliphatic carbocycles. The topological polar surface area (TPSA) is 123 Å². The number of H-pyrrole nitrogens is 1. The molecule has 10 heteroatoms. The van der Waals surface area contributed by atoms with E-state index < -0.39 is 4.92 Å². The van der Waals surface area contributed by atoms with Crippen LogP contribution >= 0.6 is 0 Å². The molecule has 0 amide bonds. The number of nitro groups is 1. The average Bonchev–Trinajstić information content (AvgIpc) is 3.28. The molecule has 1 atom stereocenters. The number of aromatic amines is 1. The summed E-state index contributed by atoms with van der Waals surface area (Å²) < 4.78 is 5.89. The summed E-state index contributed by atoms with van der Waals surface area (Å²) in [4.78, 5) is 26.5. The average molecular weight is 409 g/mol. The first kappa shape index (κ1) is 19.9. The maximum Gasteiger partial charge on any atom is 0.269 e. The first-order chi connectivity index (χ1) is 14.6. The number of nitrogens with one attached hydrogen (secondary N) is 1. The van der Waals surface area contributed by atoms with Gasteiger partial charge in [-0.1, -0.05) is 13.8 Å². The van der Waals surface area contributed by atoms with E-state index in [0.717, 1.165) is 35.7 Å². The van der Waals surface area contributed by atoms with Gasteiger partial charge in [0.2, 0.25) is 0 Å². The molecule has 0 radical (unpaired) electrons. The van der Waals surface area contributed by atoms with Gasteiger partial charge < -0.3 is 9.64 Å². The lowest BCUT2D eigenvalue weighted by atomic mass is 10.1. The van der Waals surface area contributed by atoms with Crippen LogP contribution in [0.25, 0.3) is 11.4 Å². The number of hydrogen-bond acceptors (Lipinski definition) is 8. The molecule has 4 rings (SSSR count). The number of aromatic nitrogens is 5. The summed E-state index contributed by atoms with van der Waals surface area (Å²) in [5, 5.41) is 18.1. The fraction of sp³-hybridized carbons (Fsp3) is 0.400. The lowest BCUT2D eigenvalue weighted by Gasteiger charge is -2.32. The van der Waals surface area contributed by atoms with Gasteiger partial charge in [0.05, 0.1) is 18.1 Å². The van der Waals surface area contributed by atoms with E-state index in [-0.39, 0.29) is 11.8 Å². The van der Waals surface area contributed by atoms with Gasteiger partial charge in [0.25, 0.3) is 5.69 Å². The summed E-state index contributed by atoms with van der Waals surface area (Å²) in [6.45, 7) is 5.88. The predicted octanol–water partition coefficient (Wildman–Crippen LogP) is 2.87. The third-order valence-corrected chi connectivity index (χ3v) is 5.03. The molecule has 0 bridgehead atoms. The zero-order valence-electron chi connectivity index (χ0n) is 16.9. The molecule has 1 fully saturated rings. The van der Waals surface area contributed by atoms with Gasteiger partial charge in [0.15, 0.2) is 11.6 Å². The summed E-state index contributed by atoms with van der Waals surface area (Å²) in [7, 11) is 0. The Kier molecular flexibility index (Phi) is 5.66. The Morgan fingerprint density at radius 1 is 1.20 bits per heavy atom. The maximum absolute atomic E-state index is 10.9. The molecule has 1 saturated heterocycles. The SMILES string of the molecule is CCc1cc(N2CCOC(c3n[nH]c(CC)n3)C2)nc(-c2ccc([N+](=O)[O-])cc2)n1. The minimum absolute atomic E-state index is 0.0413. The molecule has 10 nitrogen and oxygen atoms in total. The number of non-ortho nitro benzene ring substituents is 1. The number of aryl methyl sites for hydroxylation is 2. The highest BCUT2D eigenvalue weighted by atomic mass is 16.6. The van der Waals surface area contributed by atoms with Crippen molar-refractivity contribution >= 4 is 11.5 Å². The highest BCUT2D eigenvalue weighted by molar-refractivity contribution is 5.60. The molecule has 3 aromatic rings. The molecule has 1 unspecified atom stereocenters. The van der Waals surface area contributed by atoms with E-state index in [4.69, 9.17) is 9.72 Å². The molecule has 3 heterocycles. The maximum atomic E-state index is 10.9. The minimum Gasteiger partial charge on any atom is -0.366 e. The highest BCUT2D eigenvalue weighted by Crippen LogP contribution is 2.27. The Bertz CT molecular complexity index is 1040. The molecule has 0 saturated carbocycles. The first-order valence-electron chi connectivity index (χ1n) is 9.98. The second-order valence-corrected chi connectivity index (χ2v) is 7.00. The molecule has 156 valence electrons. The molecule has 1 N–H and O–H groups in total. The quantitative estimate of drug-likeness (QED) is 0.487. The third-order valence-electron chi connectivity index (χ3n) is 5.03. The Balaban J connectivity index is 1.61. The minimum atomic E-state index is -0.417. The van der Waals surface area contributed by atoms with Crippen LogP contribution in [0.15, 0.2) is 30.3 Å². The smallest absolute Gasteiger partial charge is 0.269 e. The lowest BCUT2D eigenvalue weighted by Crippen LogP contribution is -2.39. The van der Waals surface area contributed by atoms with E-state index in [1.807, 2.05) is 19.9 Å². The Labute approximate surface area is 173 Å². The second-order valence-electron chi connectivity index (χ2n) is 7.00. The van der Waals surface area contributed by atoms with Gasteiger partial charge in [-0.05, 0) is 18.6 Å². The van der Waals surface area contributed by atoms with E-state index >= 15 is 0 Å². The third kappa shape index (κ3) is 4.13. The van der Waals surface area contributed by atoms with Crippen molar-refractivity contribution in [3.63, 3.8) is 0 Å². The monoisotopic (exact) mass is 409 g/mol. The van der Waals surface area contributed by atoms with Gasteiger partial charge >= 0.3 is 0 Å². The summed E-state index contributed by atoms with van der Waals surface area (Å²) in [6.07, 6.45) is 1.30. The van der Waals surface area contributed by atoms with E-state index in [2.05, 4.69) is 25.1 Å². The van der Waals surface area contributed by atoms with Crippen LogP contribution in [0.3, 0.4) is 0 Å². The molecule has 1 aromatic carbocycles. The van der Waals surface area contributed by atoms with Crippen molar-refractivity contribution in [3.05, 3.63) is 57.8 Å². The first-order valence-corrected chi connectivity index (χ1v) is 9.98. The van der Waals surface area contributed by atoms with Crippen LogP contribution in [0.2, 0.25) is 0 Å². The van der Waals surface area contributed by atoms with Gasteiger partial charge in [-0.25, -0.2) is 15.0 Å². The van der Waals surface area contributed by atoms with Crippen LogP contribution in [-0.4, -0.2) is 49.8 Å². The number of ether oxygens (including phenoxy) is 1. The van der Waals surface area contributed by atoms with Crippen LogP contribution in [0.5, 0.6) is 0 Å². The Morgan fingerprint density at radius 2 is 2.00 bits per heavy atom. The Hall–Kier alpha value is -3.40. The number of nitrogens with zero attached hydrogens (tertiary/aromatic N) is 6. The number of rotatable bonds is 6. The van der Waals surface area contributed by atoms with Gasteiger partial charge in [0.1, 0.15) is 17.7 Å². The molecule has 1 aliphatic heterocycles. The largest absolute Gasteiger partial charge is 0.366 e. The lowest BCUT2D eigenvalue weighted by molar-refractivity contribution is -0.384. The number of anilines is 1. The van der Waals surface area contributed by atoms with Crippen molar-refractivity contribution in [1.29, 1.82) is 0 Å². The number of hydrogen-bond donors (Lipinski definition) is 1. The van der Waals surface area contributed by atoms with Gasteiger partial charge in [-0.15, -0.1) is 0 Å². The molecular formula is C20H23N7O3. The van der Waals surface area contributed by atoms with Gasteiger partial charge in [0, 0.05) is 42.4 Å². The van der Waals surface area contributed by atoms with Crippen molar-refractivity contribution in [3.8, 4) is 11.4 Å². The van der Waals surface area contributed by atoms with Crippen LogP contribution in [0.4, 0.5) is 11.5 Å². The highest BCUT2D eigenvalue weighted by Gasteiger charge is 2.26. The molecule has 30 heavy (non-hydrogen) atoms. The number of benzene rings is 1.